The number of rotatable bonds is 5. The van der Waals surface area contributed by atoms with Gasteiger partial charge in [0, 0.05) is 18.1 Å². The number of nitrogens with one attached hydrogen (secondary N) is 1. The van der Waals surface area contributed by atoms with Crippen LogP contribution in [0.4, 0.5) is 24.5 Å². The van der Waals surface area contributed by atoms with E-state index in [2.05, 4.69) is 5.32 Å². The quantitative estimate of drug-likeness (QED) is 0.606. The Kier molecular flexibility index (Phi) is 6.50. The monoisotopic (exact) mass is 440 g/mol. The summed E-state index contributed by atoms with van der Waals surface area (Å²) in [5.41, 5.74) is -1.42. The second-order valence-corrected chi connectivity index (χ2v) is 8.23. The molecule has 8 heteroatoms. The predicted octanol–water partition coefficient (Wildman–Crippen LogP) is 6.15. The molecule has 3 rings (SSSR count). The first kappa shape index (κ1) is 22.3. The number of nitrogens with zero attached hydrogens (tertiary/aromatic N) is 1. The summed E-state index contributed by atoms with van der Waals surface area (Å²) in [5.74, 6) is -0.116. The fraction of sp³-hybridized carbons (Fsp3) is 0.409. The molecule has 1 heterocycles. The Hall–Kier alpha value is -2.41. The van der Waals surface area contributed by atoms with Crippen LogP contribution in [0.1, 0.15) is 38.7 Å². The first-order valence-corrected chi connectivity index (χ1v) is 10.2. The van der Waals surface area contributed by atoms with Crippen LogP contribution in [0.25, 0.3) is 0 Å². The highest BCUT2D eigenvalue weighted by Crippen LogP contribution is 2.37. The van der Waals surface area contributed by atoms with Crippen molar-refractivity contribution in [3.8, 4) is 5.75 Å². The molecule has 2 aromatic rings. The lowest BCUT2D eigenvalue weighted by atomic mass is 10.1. The van der Waals surface area contributed by atoms with Gasteiger partial charge in [0.05, 0.1) is 16.9 Å². The van der Waals surface area contributed by atoms with Gasteiger partial charge in [-0.05, 0) is 75.6 Å². The van der Waals surface area contributed by atoms with E-state index < -0.39 is 23.2 Å². The van der Waals surface area contributed by atoms with Gasteiger partial charge in [0.25, 0.3) is 5.91 Å². The third-order valence-corrected chi connectivity index (χ3v) is 5.25. The molecule has 0 aliphatic carbocycles. The smallest absolute Gasteiger partial charge is 0.416 e. The molecule has 0 unspecified atom stereocenters. The number of hydrogen-bond acceptors (Lipinski definition) is 3. The zero-order valence-corrected chi connectivity index (χ0v) is 17.6. The molecule has 4 nitrogen and oxygen atoms in total. The van der Waals surface area contributed by atoms with E-state index >= 15 is 0 Å². The number of carbonyl (C=O) groups excluding carboxylic acids is 1. The van der Waals surface area contributed by atoms with Crippen LogP contribution in [0.5, 0.6) is 5.75 Å². The summed E-state index contributed by atoms with van der Waals surface area (Å²) in [7, 11) is 0. The van der Waals surface area contributed by atoms with Crippen LogP contribution in [0.15, 0.2) is 42.5 Å². The Balaban J connectivity index is 1.86. The zero-order valence-electron chi connectivity index (χ0n) is 16.9. The lowest BCUT2D eigenvalue weighted by Gasteiger charge is -2.32. The first-order valence-electron chi connectivity index (χ1n) is 9.78. The molecule has 0 spiro atoms. The van der Waals surface area contributed by atoms with Crippen LogP contribution >= 0.6 is 11.6 Å². The van der Waals surface area contributed by atoms with Crippen molar-refractivity contribution < 1.29 is 22.7 Å². The Labute approximate surface area is 179 Å². The molecule has 1 aliphatic heterocycles. The zero-order chi connectivity index (χ0) is 21.9. The second kappa shape index (κ2) is 8.76. The van der Waals surface area contributed by atoms with Crippen LogP contribution in [-0.2, 0) is 11.0 Å². The number of piperidine rings is 1. The van der Waals surface area contributed by atoms with Crippen molar-refractivity contribution in [2.45, 2.75) is 44.9 Å². The molecule has 0 bridgehead atoms. The maximum atomic E-state index is 13.3. The molecule has 1 aliphatic rings. The predicted molar refractivity (Wildman–Crippen MR) is 112 cm³/mol. The van der Waals surface area contributed by atoms with Gasteiger partial charge in [-0.1, -0.05) is 11.6 Å². The SMILES string of the molecule is CC(C)(Oc1ccc(Cl)cc1)C(=O)Nc1cc(C(F)(F)F)ccc1N1CCCCC1. The van der Waals surface area contributed by atoms with Crippen LogP contribution in [0.2, 0.25) is 5.02 Å². The van der Waals surface area contributed by atoms with Gasteiger partial charge in [0.1, 0.15) is 5.75 Å². The summed E-state index contributed by atoms with van der Waals surface area (Å²) >= 11 is 5.86. The van der Waals surface area contributed by atoms with Gasteiger partial charge in [0.2, 0.25) is 0 Å². The van der Waals surface area contributed by atoms with E-state index in [0.29, 0.717) is 16.5 Å². The van der Waals surface area contributed by atoms with Gasteiger partial charge in [0.15, 0.2) is 5.60 Å². The third-order valence-electron chi connectivity index (χ3n) is 5.00. The third kappa shape index (κ3) is 5.39. The average molecular weight is 441 g/mol. The molecule has 162 valence electrons. The van der Waals surface area contributed by atoms with Crippen LogP contribution in [-0.4, -0.2) is 24.6 Å². The molecule has 1 fully saturated rings. The number of halogens is 4. The number of hydrogen-bond donors (Lipinski definition) is 1. The Bertz CT molecular complexity index is 892. The lowest BCUT2D eigenvalue weighted by molar-refractivity contribution is -0.137. The van der Waals surface area contributed by atoms with Crippen molar-refractivity contribution in [2.75, 3.05) is 23.3 Å². The summed E-state index contributed by atoms with van der Waals surface area (Å²) in [6, 6.07) is 9.98. The van der Waals surface area contributed by atoms with Crippen LogP contribution < -0.4 is 15.0 Å². The maximum Gasteiger partial charge on any atom is 0.416 e. The summed E-state index contributed by atoms with van der Waals surface area (Å²) < 4.78 is 45.6. The molecule has 0 atom stereocenters. The fourth-order valence-corrected chi connectivity index (χ4v) is 3.47. The normalized spacial score (nSPS) is 15.1. The minimum Gasteiger partial charge on any atom is -0.478 e. The molecule has 2 aromatic carbocycles. The van der Waals surface area contributed by atoms with Gasteiger partial charge in [-0.2, -0.15) is 13.2 Å². The highest BCUT2D eigenvalue weighted by molar-refractivity contribution is 6.30. The van der Waals surface area contributed by atoms with Crippen molar-refractivity contribution in [3.05, 3.63) is 53.1 Å². The molecule has 1 N–H and O–H groups in total. The average Bonchev–Trinajstić information content (AvgIpc) is 2.69. The number of benzene rings is 2. The van der Waals surface area contributed by atoms with Crippen molar-refractivity contribution in [1.29, 1.82) is 0 Å². The Morgan fingerprint density at radius 2 is 1.67 bits per heavy atom. The molecule has 0 radical (unpaired) electrons. The Morgan fingerprint density at radius 1 is 1.03 bits per heavy atom. The Morgan fingerprint density at radius 3 is 2.27 bits per heavy atom. The van der Waals surface area contributed by atoms with E-state index in [1.165, 1.54) is 6.07 Å². The highest BCUT2D eigenvalue weighted by atomic mass is 35.5. The molecule has 1 amide bonds. The van der Waals surface area contributed by atoms with E-state index in [1.54, 1.807) is 38.1 Å². The van der Waals surface area contributed by atoms with E-state index in [9.17, 15) is 18.0 Å². The van der Waals surface area contributed by atoms with Crippen molar-refractivity contribution >= 4 is 28.9 Å². The first-order chi connectivity index (χ1) is 14.1. The maximum absolute atomic E-state index is 13.3. The minimum atomic E-state index is -4.50. The minimum absolute atomic E-state index is 0.129. The molecule has 0 aromatic heterocycles. The largest absolute Gasteiger partial charge is 0.478 e. The number of alkyl halides is 3. The topological polar surface area (TPSA) is 41.6 Å². The summed E-state index contributed by atoms with van der Waals surface area (Å²) in [6.07, 6.45) is -1.50. The van der Waals surface area contributed by atoms with E-state index in [4.69, 9.17) is 16.3 Å². The molecular weight excluding hydrogens is 417 g/mol. The van der Waals surface area contributed by atoms with E-state index in [1.807, 2.05) is 4.90 Å². The lowest BCUT2D eigenvalue weighted by Crippen LogP contribution is -2.43. The molecule has 0 saturated carbocycles. The van der Waals surface area contributed by atoms with Gasteiger partial charge in [-0.25, -0.2) is 0 Å². The van der Waals surface area contributed by atoms with E-state index in [0.717, 1.165) is 44.5 Å². The summed E-state index contributed by atoms with van der Waals surface area (Å²) in [6.45, 7) is 4.59. The van der Waals surface area contributed by atoms with Crippen molar-refractivity contribution in [2.24, 2.45) is 0 Å². The standard InChI is InChI=1S/C22H24ClF3N2O2/c1-21(2,30-17-9-7-16(23)8-10-17)20(29)27-18-14-15(22(24,25)26)6-11-19(18)28-12-4-3-5-13-28/h6-11,14H,3-5,12-13H2,1-2H3,(H,27,29). The highest BCUT2D eigenvalue weighted by Gasteiger charge is 2.34. The fourth-order valence-electron chi connectivity index (χ4n) is 3.34. The van der Waals surface area contributed by atoms with Gasteiger partial charge in [-0.15, -0.1) is 0 Å². The number of anilines is 2. The van der Waals surface area contributed by atoms with Crippen LogP contribution in [0.3, 0.4) is 0 Å². The summed E-state index contributed by atoms with van der Waals surface area (Å²) in [5, 5.41) is 3.19. The molecule has 30 heavy (non-hydrogen) atoms. The number of carbonyl (C=O) groups is 1. The molecule has 1 saturated heterocycles. The summed E-state index contributed by atoms with van der Waals surface area (Å²) in [4.78, 5) is 14.9. The van der Waals surface area contributed by atoms with E-state index in [-0.39, 0.29) is 5.69 Å². The molecular formula is C22H24ClF3N2O2. The number of amides is 1. The van der Waals surface area contributed by atoms with Crippen LogP contribution in [0, 0.1) is 0 Å². The van der Waals surface area contributed by atoms with Gasteiger partial charge >= 0.3 is 6.18 Å². The number of ether oxygens (including phenoxy) is 1. The van der Waals surface area contributed by atoms with Gasteiger partial charge < -0.3 is 15.0 Å². The second-order valence-electron chi connectivity index (χ2n) is 7.80. The van der Waals surface area contributed by atoms with Crippen molar-refractivity contribution in [1.82, 2.24) is 0 Å². The van der Waals surface area contributed by atoms with Gasteiger partial charge in [-0.3, -0.25) is 4.79 Å². The van der Waals surface area contributed by atoms with Crippen molar-refractivity contribution in [3.63, 3.8) is 0 Å².